The molecule has 0 bridgehead atoms. The maximum absolute atomic E-state index is 9.28. The molecule has 0 amide bonds. The van der Waals surface area contributed by atoms with Gasteiger partial charge in [-0.05, 0) is 26.2 Å². The van der Waals surface area contributed by atoms with Gasteiger partial charge in [-0.2, -0.15) is 0 Å². The second-order valence-electron chi connectivity index (χ2n) is 3.00. The van der Waals surface area contributed by atoms with Gasteiger partial charge in [-0.1, -0.05) is 0 Å². The highest BCUT2D eigenvalue weighted by Gasteiger charge is 2.30. The van der Waals surface area contributed by atoms with E-state index in [1.165, 1.54) is 0 Å². The van der Waals surface area contributed by atoms with E-state index in [-0.39, 0.29) is 6.04 Å². The summed E-state index contributed by atoms with van der Waals surface area (Å²) in [6, 6.07) is 0.241. The van der Waals surface area contributed by atoms with Crippen LogP contribution in [0.4, 0.5) is 0 Å². The lowest BCUT2D eigenvalue weighted by Gasteiger charge is -2.13. The second kappa shape index (κ2) is 1.71. The molecular weight excluding hydrogens is 102 g/mol. The lowest BCUT2D eigenvalue weighted by molar-refractivity contribution is 0.0667. The van der Waals surface area contributed by atoms with Crippen LogP contribution in [0, 0.1) is 0 Å². The molecule has 0 spiro atoms. The van der Waals surface area contributed by atoms with Crippen LogP contribution in [0.2, 0.25) is 0 Å². The average Bonchev–Trinajstić information content (AvgIpc) is 1.82. The van der Waals surface area contributed by atoms with Crippen molar-refractivity contribution in [2.24, 2.45) is 5.73 Å². The molecule has 0 aromatic carbocycles. The molecule has 0 aliphatic heterocycles. The molecule has 1 aliphatic carbocycles. The standard InChI is InChI=1S/C6H13NO/c1-6(8)3-2-5(7)4-6/h5,8H,2-4,7H2,1H3/t5-,6+/m1/s1. The van der Waals surface area contributed by atoms with Gasteiger partial charge in [0.05, 0.1) is 5.60 Å². The highest BCUT2D eigenvalue weighted by molar-refractivity contribution is 4.86. The van der Waals surface area contributed by atoms with Crippen LogP contribution in [0.25, 0.3) is 0 Å². The molecule has 2 nitrogen and oxygen atoms in total. The first kappa shape index (κ1) is 6.05. The Hall–Kier alpha value is -0.0800. The Morgan fingerprint density at radius 2 is 2.38 bits per heavy atom. The van der Waals surface area contributed by atoms with Crippen molar-refractivity contribution in [3.63, 3.8) is 0 Å². The highest BCUT2D eigenvalue weighted by Crippen LogP contribution is 2.27. The third kappa shape index (κ3) is 1.20. The van der Waals surface area contributed by atoms with E-state index in [0.717, 1.165) is 19.3 Å². The predicted molar refractivity (Wildman–Crippen MR) is 32.5 cm³/mol. The summed E-state index contributed by atoms with van der Waals surface area (Å²) in [5.41, 5.74) is 5.09. The van der Waals surface area contributed by atoms with Crippen LogP contribution in [0.15, 0.2) is 0 Å². The summed E-state index contributed by atoms with van der Waals surface area (Å²) >= 11 is 0. The molecule has 0 saturated heterocycles. The molecule has 1 rings (SSSR count). The van der Waals surface area contributed by atoms with Gasteiger partial charge in [0.1, 0.15) is 0 Å². The normalized spacial score (nSPS) is 47.6. The minimum absolute atomic E-state index is 0.241. The quantitative estimate of drug-likeness (QED) is 0.475. The Balaban J connectivity index is 2.44. The van der Waals surface area contributed by atoms with Gasteiger partial charge in [-0.3, -0.25) is 0 Å². The smallest absolute Gasteiger partial charge is 0.0635 e. The van der Waals surface area contributed by atoms with Gasteiger partial charge in [0, 0.05) is 6.04 Å². The summed E-state index contributed by atoms with van der Waals surface area (Å²) in [6.07, 6.45) is 2.62. The summed E-state index contributed by atoms with van der Waals surface area (Å²) < 4.78 is 0. The van der Waals surface area contributed by atoms with Crippen molar-refractivity contribution < 1.29 is 5.11 Å². The predicted octanol–water partition coefficient (Wildman–Crippen LogP) is 0.249. The minimum atomic E-state index is -0.459. The van der Waals surface area contributed by atoms with Gasteiger partial charge in [-0.15, -0.1) is 0 Å². The van der Waals surface area contributed by atoms with Crippen molar-refractivity contribution >= 4 is 0 Å². The third-order valence-corrected chi connectivity index (χ3v) is 1.76. The fourth-order valence-corrected chi connectivity index (χ4v) is 1.27. The summed E-state index contributed by atoms with van der Waals surface area (Å²) in [4.78, 5) is 0. The minimum Gasteiger partial charge on any atom is -0.390 e. The zero-order valence-corrected chi connectivity index (χ0v) is 5.22. The molecule has 0 aromatic rings. The van der Waals surface area contributed by atoms with Crippen LogP contribution in [-0.4, -0.2) is 16.7 Å². The average molecular weight is 115 g/mol. The molecule has 48 valence electrons. The van der Waals surface area contributed by atoms with Crippen LogP contribution in [0.3, 0.4) is 0 Å². The zero-order chi connectivity index (χ0) is 6.20. The molecule has 2 heteroatoms. The van der Waals surface area contributed by atoms with Gasteiger partial charge >= 0.3 is 0 Å². The van der Waals surface area contributed by atoms with Crippen molar-refractivity contribution in [1.82, 2.24) is 0 Å². The molecule has 8 heavy (non-hydrogen) atoms. The number of aliphatic hydroxyl groups is 1. The number of rotatable bonds is 0. The fourth-order valence-electron chi connectivity index (χ4n) is 1.27. The zero-order valence-electron chi connectivity index (χ0n) is 5.22. The van der Waals surface area contributed by atoms with E-state index < -0.39 is 5.60 Å². The second-order valence-corrected chi connectivity index (χ2v) is 3.00. The first-order chi connectivity index (χ1) is 3.60. The van der Waals surface area contributed by atoms with Crippen LogP contribution >= 0.6 is 0 Å². The van der Waals surface area contributed by atoms with Crippen LogP contribution in [0.5, 0.6) is 0 Å². The summed E-state index contributed by atoms with van der Waals surface area (Å²) in [7, 11) is 0. The van der Waals surface area contributed by atoms with Crippen molar-refractivity contribution in [2.75, 3.05) is 0 Å². The van der Waals surface area contributed by atoms with E-state index in [4.69, 9.17) is 5.73 Å². The molecular formula is C6H13NO. The van der Waals surface area contributed by atoms with Gasteiger partial charge in [0.2, 0.25) is 0 Å². The molecule has 0 heterocycles. The number of nitrogens with two attached hydrogens (primary N) is 1. The molecule has 1 aliphatic rings. The third-order valence-electron chi connectivity index (χ3n) is 1.76. The Morgan fingerprint density at radius 1 is 1.75 bits per heavy atom. The molecule has 0 unspecified atom stereocenters. The maximum atomic E-state index is 9.28. The molecule has 1 fully saturated rings. The topological polar surface area (TPSA) is 46.2 Å². The highest BCUT2D eigenvalue weighted by atomic mass is 16.3. The van der Waals surface area contributed by atoms with Gasteiger partial charge < -0.3 is 10.8 Å². The van der Waals surface area contributed by atoms with Crippen LogP contribution in [-0.2, 0) is 0 Å². The van der Waals surface area contributed by atoms with Gasteiger partial charge in [0.25, 0.3) is 0 Å². The molecule has 1 saturated carbocycles. The SMILES string of the molecule is C[C@]1(O)CC[C@@H](N)C1. The molecule has 3 N–H and O–H groups in total. The summed E-state index contributed by atoms with van der Waals surface area (Å²) in [5.74, 6) is 0. The number of hydrogen-bond donors (Lipinski definition) is 2. The largest absolute Gasteiger partial charge is 0.390 e. The van der Waals surface area contributed by atoms with Gasteiger partial charge in [-0.25, -0.2) is 0 Å². The van der Waals surface area contributed by atoms with Crippen molar-refractivity contribution in [3.05, 3.63) is 0 Å². The Kier molecular flexibility index (Phi) is 1.29. The summed E-state index contributed by atoms with van der Waals surface area (Å²) in [6.45, 7) is 1.85. The fraction of sp³-hybridized carbons (Fsp3) is 1.00. The molecule has 0 aromatic heterocycles. The van der Waals surface area contributed by atoms with E-state index in [9.17, 15) is 5.11 Å². The first-order valence-electron chi connectivity index (χ1n) is 3.08. The summed E-state index contributed by atoms with van der Waals surface area (Å²) in [5, 5.41) is 9.28. The first-order valence-corrected chi connectivity index (χ1v) is 3.08. The molecule has 0 radical (unpaired) electrons. The van der Waals surface area contributed by atoms with Crippen molar-refractivity contribution in [1.29, 1.82) is 0 Å². The van der Waals surface area contributed by atoms with E-state index in [1.54, 1.807) is 0 Å². The van der Waals surface area contributed by atoms with Gasteiger partial charge in [0.15, 0.2) is 0 Å². The lowest BCUT2D eigenvalue weighted by atomic mass is 10.1. The maximum Gasteiger partial charge on any atom is 0.0635 e. The Morgan fingerprint density at radius 3 is 2.50 bits per heavy atom. The van der Waals surface area contributed by atoms with Crippen molar-refractivity contribution in [3.8, 4) is 0 Å². The lowest BCUT2D eigenvalue weighted by Crippen LogP contribution is -2.23. The molecule has 2 atom stereocenters. The van der Waals surface area contributed by atoms with E-state index in [0.29, 0.717) is 0 Å². The monoisotopic (exact) mass is 115 g/mol. The van der Waals surface area contributed by atoms with Crippen LogP contribution in [0.1, 0.15) is 26.2 Å². The van der Waals surface area contributed by atoms with E-state index in [1.807, 2.05) is 6.92 Å². The number of hydrogen-bond acceptors (Lipinski definition) is 2. The van der Waals surface area contributed by atoms with E-state index in [2.05, 4.69) is 0 Å². The van der Waals surface area contributed by atoms with Crippen molar-refractivity contribution in [2.45, 2.75) is 37.8 Å². The van der Waals surface area contributed by atoms with E-state index >= 15 is 0 Å². The Bertz CT molecular complexity index is 90.5. The van der Waals surface area contributed by atoms with Crippen LogP contribution < -0.4 is 5.73 Å². The Labute approximate surface area is 49.7 Å².